The number of nitro groups is 2. The van der Waals surface area contributed by atoms with Crippen molar-refractivity contribution < 1.29 is 9.85 Å². The summed E-state index contributed by atoms with van der Waals surface area (Å²) in [5, 5.41) is 21.2. The van der Waals surface area contributed by atoms with Crippen molar-refractivity contribution in [2.75, 3.05) is 6.54 Å². The fourth-order valence-electron chi connectivity index (χ4n) is 1.24. The van der Waals surface area contributed by atoms with E-state index >= 15 is 0 Å². The molecule has 1 aromatic rings. The molecule has 86 valence electrons. The zero-order valence-electron chi connectivity index (χ0n) is 8.20. The van der Waals surface area contributed by atoms with Crippen LogP contribution in [-0.4, -0.2) is 16.4 Å². The van der Waals surface area contributed by atoms with Gasteiger partial charge in [0.25, 0.3) is 11.4 Å². The molecular weight excluding hydrogens is 216 g/mol. The average molecular weight is 226 g/mol. The SMILES string of the molecule is NC[C@H](N)c1ccc([N+](=O)[O-])cc1[N+](=O)[O-]. The van der Waals surface area contributed by atoms with Gasteiger partial charge in [0.2, 0.25) is 0 Å². The van der Waals surface area contributed by atoms with Gasteiger partial charge in [0.05, 0.1) is 15.9 Å². The maximum atomic E-state index is 10.7. The van der Waals surface area contributed by atoms with Gasteiger partial charge in [0, 0.05) is 24.2 Å². The van der Waals surface area contributed by atoms with Crippen LogP contribution >= 0.6 is 0 Å². The van der Waals surface area contributed by atoms with Crippen LogP contribution in [0.15, 0.2) is 18.2 Å². The van der Waals surface area contributed by atoms with Crippen molar-refractivity contribution >= 4 is 11.4 Å². The van der Waals surface area contributed by atoms with E-state index in [0.29, 0.717) is 0 Å². The van der Waals surface area contributed by atoms with Crippen LogP contribution in [0.1, 0.15) is 11.6 Å². The van der Waals surface area contributed by atoms with Gasteiger partial charge in [-0.3, -0.25) is 20.2 Å². The van der Waals surface area contributed by atoms with E-state index in [0.717, 1.165) is 12.1 Å². The summed E-state index contributed by atoms with van der Waals surface area (Å²) in [6.07, 6.45) is 0. The molecule has 1 atom stereocenters. The molecule has 0 bridgehead atoms. The summed E-state index contributed by atoms with van der Waals surface area (Å²) in [4.78, 5) is 19.7. The molecular formula is C8H10N4O4. The van der Waals surface area contributed by atoms with Crippen molar-refractivity contribution in [3.05, 3.63) is 44.0 Å². The van der Waals surface area contributed by atoms with Crippen LogP contribution in [0.3, 0.4) is 0 Å². The molecule has 0 saturated carbocycles. The van der Waals surface area contributed by atoms with E-state index in [9.17, 15) is 20.2 Å². The molecule has 0 amide bonds. The first-order valence-corrected chi connectivity index (χ1v) is 4.35. The molecule has 1 aromatic carbocycles. The molecule has 0 radical (unpaired) electrons. The highest BCUT2D eigenvalue weighted by atomic mass is 16.6. The minimum Gasteiger partial charge on any atom is -0.329 e. The van der Waals surface area contributed by atoms with Crippen LogP contribution in [0, 0.1) is 20.2 Å². The number of non-ortho nitro benzene ring substituents is 1. The summed E-state index contributed by atoms with van der Waals surface area (Å²) < 4.78 is 0. The Morgan fingerprint density at radius 2 is 1.88 bits per heavy atom. The highest BCUT2D eigenvalue weighted by Gasteiger charge is 2.22. The number of benzene rings is 1. The molecule has 0 fully saturated rings. The normalized spacial score (nSPS) is 12.1. The standard InChI is InChI=1S/C8H10N4O4/c9-4-7(10)6-2-1-5(11(13)14)3-8(6)12(15)16/h1-3,7H,4,9-10H2/t7-/m0/s1. The van der Waals surface area contributed by atoms with E-state index in [1.807, 2.05) is 0 Å². The topological polar surface area (TPSA) is 138 Å². The largest absolute Gasteiger partial charge is 0.329 e. The van der Waals surface area contributed by atoms with Crippen LogP contribution in [-0.2, 0) is 0 Å². The highest BCUT2D eigenvalue weighted by Crippen LogP contribution is 2.27. The number of hydrogen-bond acceptors (Lipinski definition) is 6. The Hall–Kier alpha value is -2.06. The summed E-state index contributed by atoms with van der Waals surface area (Å²) in [7, 11) is 0. The van der Waals surface area contributed by atoms with Gasteiger partial charge in [-0.2, -0.15) is 0 Å². The van der Waals surface area contributed by atoms with E-state index in [1.54, 1.807) is 0 Å². The lowest BCUT2D eigenvalue weighted by Crippen LogP contribution is -2.21. The Bertz CT molecular complexity index is 434. The Labute approximate surface area is 90.1 Å². The summed E-state index contributed by atoms with van der Waals surface area (Å²) in [5.41, 5.74) is 10.3. The lowest BCUT2D eigenvalue weighted by Gasteiger charge is -2.08. The molecule has 0 aromatic heterocycles. The maximum Gasteiger partial charge on any atom is 0.281 e. The number of nitrogens with zero attached hydrogens (tertiary/aromatic N) is 2. The van der Waals surface area contributed by atoms with Crippen LogP contribution in [0.5, 0.6) is 0 Å². The summed E-state index contributed by atoms with van der Waals surface area (Å²) in [6, 6.07) is 2.59. The third kappa shape index (κ3) is 2.30. The van der Waals surface area contributed by atoms with Crippen molar-refractivity contribution in [2.45, 2.75) is 6.04 Å². The molecule has 16 heavy (non-hydrogen) atoms. The molecule has 8 heteroatoms. The quantitative estimate of drug-likeness (QED) is 0.564. The Kier molecular flexibility index (Phi) is 3.48. The molecule has 0 spiro atoms. The van der Waals surface area contributed by atoms with Crippen molar-refractivity contribution in [3.8, 4) is 0 Å². The van der Waals surface area contributed by atoms with Crippen molar-refractivity contribution in [3.63, 3.8) is 0 Å². The van der Waals surface area contributed by atoms with Crippen LogP contribution in [0.2, 0.25) is 0 Å². The van der Waals surface area contributed by atoms with E-state index in [1.165, 1.54) is 6.07 Å². The third-order valence-corrected chi connectivity index (χ3v) is 2.07. The lowest BCUT2D eigenvalue weighted by molar-refractivity contribution is -0.394. The molecule has 1 rings (SSSR count). The second kappa shape index (κ2) is 4.64. The fourth-order valence-corrected chi connectivity index (χ4v) is 1.24. The molecule has 0 aliphatic carbocycles. The van der Waals surface area contributed by atoms with E-state index in [4.69, 9.17) is 11.5 Å². The van der Waals surface area contributed by atoms with Gasteiger partial charge in [-0.05, 0) is 6.07 Å². The smallest absolute Gasteiger partial charge is 0.281 e. The molecule has 0 aliphatic rings. The van der Waals surface area contributed by atoms with Gasteiger partial charge in [-0.25, -0.2) is 0 Å². The van der Waals surface area contributed by atoms with Gasteiger partial charge in [-0.15, -0.1) is 0 Å². The predicted octanol–water partition coefficient (Wildman–Crippen LogP) is 0.462. The molecule has 0 saturated heterocycles. The predicted molar refractivity (Wildman–Crippen MR) is 55.7 cm³/mol. The van der Waals surface area contributed by atoms with Crippen LogP contribution < -0.4 is 11.5 Å². The van der Waals surface area contributed by atoms with Gasteiger partial charge in [0.1, 0.15) is 0 Å². The van der Waals surface area contributed by atoms with Crippen molar-refractivity contribution in [2.24, 2.45) is 11.5 Å². The van der Waals surface area contributed by atoms with Gasteiger partial charge >= 0.3 is 0 Å². The van der Waals surface area contributed by atoms with E-state index < -0.39 is 15.9 Å². The molecule has 0 aliphatic heterocycles. The Balaban J connectivity index is 3.30. The van der Waals surface area contributed by atoms with Crippen LogP contribution in [0.25, 0.3) is 0 Å². The summed E-state index contributed by atoms with van der Waals surface area (Å²) in [6.45, 7) is 0.0264. The van der Waals surface area contributed by atoms with E-state index in [-0.39, 0.29) is 23.5 Å². The highest BCUT2D eigenvalue weighted by molar-refractivity contribution is 5.50. The maximum absolute atomic E-state index is 10.7. The number of nitro benzene ring substituents is 2. The molecule has 8 nitrogen and oxygen atoms in total. The number of nitrogens with two attached hydrogens (primary N) is 2. The first kappa shape index (κ1) is 12.0. The second-order valence-electron chi connectivity index (χ2n) is 3.10. The van der Waals surface area contributed by atoms with Crippen LogP contribution in [0.4, 0.5) is 11.4 Å². The third-order valence-electron chi connectivity index (χ3n) is 2.07. The van der Waals surface area contributed by atoms with Crippen molar-refractivity contribution in [1.82, 2.24) is 0 Å². The Morgan fingerprint density at radius 1 is 1.25 bits per heavy atom. The lowest BCUT2D eigenvalue weighted by atomic mass is 10.1. The monoisotopic (exact) mass is 226 g/mol. The molecule has 4 N–H and O–H groups in total. The summed E-state index contributed by atoms with van der Waals surface area (Å²) >= 11 is 0. The zero-order valence-corrected chi connectivity index (χ0v) is 8.20. The average Bonchev–Trinajstić information content (AvgIpc) is 2.26. The number of hydrogen-bond donors (Lipinski definition) is 2. The zero-order chi connectivity index (χ0) is 12.3. The molecule has 0 heterocycles. The second-order valence-corrected chi connectivity index (χ2v) is 3.10. The van der Waals surface area contributed by atoms with Gasteiger partial charge < -0.3 is 11.5 Å². The molecule has 0 unspecified atom stereocenters. The summed E-state index contributed by atoms with van der Waals surface area (Å²) in [5.74, 6) is 0. The van der Waals surface area contributed by atoms with E-state index in [2.05, 4.69) is 0 Å². The Morgan fingerprint density at radius 3 is 2.31 bits per heavy atom. The fraction of sp³-hybridized carbons (Fsp3) is 0.250. The number of rotatable bonds is 4. The van der Waals surface area contributed by atoms with Gasteiger partial charge in [-0.1, -0.05) is 0 Å². The minimum absolute atomic E-state index is 0.0264. The first-order valence-electron chi connectivity index (χ1n) is 4.35. The van der Waals surface area contributed by atoms with Crippen molar-refractivity contribution in [1.29, 1.82) is 0 Å². The minimum atomic E-state index is -0.710. The van der Waals surface area contributed by atoms with Gasteiger partial charge in [0.15, 0.2) is 0 Å². The first-order chi connectivity index (χ1) is 7.47.